The molecule has 0 unspecified atom stereocenters. The van der Waals surface area contributed by atoms with Gasteiger partial charge in [0.1, 0.15) is 5.01 Å². The molecule has 2 aromatic heterocycles. The van der Waals surface area contributed by atoms with E-state index in [2.05, 4.69) is 15.3 Å². The number of rotatable bonds is 6. The van der Waals surface area contributed by atoms with Crippen LogP contribution < -0.4 is 5.32 Å². The zero-order valence-corrected chi connectivity index (χ0v) is 15.6. The molecule has 25 heavy (non-hydrogen) atoms. The van der Waals surface area contributed by atoms with Gasteiger partial charge in [0.15, 0.2) is 5.69 Å². The van der Waals surface area contributed by atoms with Gasteiger partial charge in [0.25, 0.3) is 0 Å². The van der Waals surface area contributed by atoms with Crippen molar-refractivity contribution in [2.24, 2.45) is 0 Å². The number of fused-ring (bicyclic) bond motifs is 1. The van der Waals surface area contributed by atoms with E-state index in [4.69, 9.17) is 5.11 Å². The SMILES string of the molecule is CN(Cc1nc2c(s1)CCCC2)C(=O)NCCc1nc(C(=O)O)cs1. The normalized spacial score (nSPS) is 13.3. The number of carbonyl (C=O) groups excluding carboxylic acids is 1. The molecule has 0 atom stereocenters. The maximum atomic E-state index is 12.2. The summed E-state index contributed by atoms with van der Waals surface area (Å²) in [6, 6.07) is -0.164. The highest BCUT2D eigenvalue weighted by atomic mass is 32.1. The number of amides is 2. The summed E-state index contributed by atoms with van der Waals surface area (Å²) in [6.07, 6.45) is 5.10. The fourth-order valence-corrected chi connectivity index (χ4v) is 4.67. The minimum Gasteiger partial charge on any atom is -0.476 e. The summed E-state index contributed by atoms with van der Waals surface area (Å²) < 4.78 is 0. The molecule has 1 aliphatic carbocycles. The van der Waals surface area contributed by atoms with Crippen LogP contribution in [0.15, 0.2) is 5.38 Å². The lowest BCUT2D eigenvalue weighted by atomic mass is 10.0. The lowest BCUT2D eigenvalue weighted by Gasteiger charge is -2.16. The van der Waals surface area contributed by atoms with Crippen molar-refractivity contribution in [2.75, 3.05) is 13.6 Å². The van der Waals surface area contributed by atoms with Crippen molar-refractivity contribution in [3.63, 3.8) is 0 Å². The number of aryl methyl sites for hydroxylation is 2. The lowest BCUT2D eigenvalue weighted by molar-refractivity contribution is 0.0691. The van der Waals surface area contributed by atoms with Gasteiger partial charge in [-0.2, -0.15) is 0 Å². The Morgan fingerprint density at radius 3 is 2.80 bits per heavy atom. The summed E-state index contributed by atoms with van der Waals surface area (Å²) in [7, 11) is 1.75. The quantitative estimate of drug-likeness (QED) is 0.803. The molecule has 7 nitrogen and oxygen atoms in total. The van der Waals surface area contributed by atoms with Crippen LogP contribution in [0, 0.1) is 0 Å². The fraction of sp³-hybridized carbons (Fsp3) is 0.500. The average molecular weight is 380 g/mol. The number of nitrogens with zero attached hydrogens (tertiary/aromatic N) is 3. The first-order valence-corrected chi connectivity index (χ1v) is 9.86. The zero-order chi connectivity index (χ0) is 17.8. The molecule has 2 heterocycles. The van der Waals surface area contributed by atoms with Gasteiger partial charge in [0, 0.05) is 30.3 Å². The molecule has 0 fully saturated rings. The Hall–Kier alpha value is -2.00. The summed E-state index contributed by atoms with van der Waals surface area (Å²) in [5, 5.41) is 14.9. The molecule has 134 valence electrons. The summed E-state index contributed by atoms with van der Waals surface area (Å²) in [4.78, 5) is 34.6. The molecule has 0 aromatic carbocycles. The fourth-order valence-electron chi connectivity index (χ4n) is 2.68. The summed E-state index contributed by atoms with van der Waals surface area (Å²) in [5.74, 6) is -1.03. The van der Waals surface area contributed by atoms with E-state index >= 15 is 0 Å². The smallest absolute Gasteiger partial charge is 0.355 e. The van der Waals surface area contributed by atoms with Crippen molar-refractivity contribution in [3.8, 4) is 0 Å². The molecular formula is C16H20N4O3S2. The van der Waals surface area contributed by atoms with Crippen LogP contribution in [0.5, 0.6) is 0 Å². The molecule has 2 aromatic rings. The third-order valence-corrected chi connectivity index (χ3v) is 6.05. The predicted octanol–water partition coefficient (Wildman–Crippen LogP) is 2.56. The van der Waals surface area contributed by atoms with Crippen molar-refractivity contribution in [2.45, 2.75) is 38.6 Å². The van der Waals surface area contributed by atoms with Crippen LogP contribution in [0.1, 0.15) is 43.9 Å². The minimum absolute atomic E-state index is 0.0520. The van der Waals surface area contributed by atoms with E-state index in [9.17, 15) is 9.59 Å². The van der Waals surface area contributed by atoms with Crippen LogP contribution in [0.4, 0.5) is 4.79 Å². The number of carboxylic acids is 1. The number of hydrogen-bond donors (Lipinski definition) is 2. The van der Waals surface area contributed by atoms with Crippen LogP contribution in [-0.2, 0) is 25.8 Å². The molecule has 1 aliphatic rings. The van der Waals surface area contributed by atoms with Crippen molar-refractivity contribution in [1.29, 1.82) is 0 Å². The van der Waals surface area contributed by atoms with Crippen molar-refractivity contribution in [1.82, 2.24) is 20.2 Å². The summed E-state index contributed by atoms with van der Waals surface area (Å²) in [6.45, 7) is 0.925. The van der Waals surface area contributed by atoms with Gasteiger partial charge >= 0.3 is 12.0 Å². The number of nitrogens with one attached hydrogen (secondary N) is 1. The van der Waals surface area contributed by atoms with Crippen molar-refractivity contribution in [3.05, 3.63) is 31.7 Å². The number of hydrogen-bond acceptors (Lipinski definition) is 6. The highest BCUT2D eigenvalue weighted by Crippen LogP contribution is 2.27. The van der Waals surface area contributed by atoms with E-state index in [1.807, 2.05) is 0 Å². The molecule has 0 spiro atoms. The van der Waals surface area contributed by atoms with Gasteiger partial charge in [-0.25, -0.2) is 19.6 Å². The first kappa shape index (κ1) is 17.8. The predicted molar refractivity (Wildman–Crippen MR) is 96.4 cm³/mol. The van der Waals surface area contributed by atoms with Gasteiger partial charge in [0.05, 0.1) is 17.2 Å². The number of aromatic carboxylic acids is 1. The first-order chi connectivity index (χ1) is 12.0. The van der Waals surface area contributed by atoms with Crippen molar-refractivity contribution < 1.29 is 14.7 Å². The van der Waals surface area contributed by atoms with E-state index in [1.54, 1.807) is 23.3 Å². The monoisotopic (exact) mass is 380 g/mol. The molecule has 2 amide bonds. The summed E-state index contributed by atoms with van der Waals surface area (Å²) in [5.41, 5.74) is 1.26. The van der Waals surface area contributed by atoms with Gasteiger partial charge in [-0.1, -0.05) is 0 Å². The highest BCUT2D eigenvalue weighted by Gasteiger charge is 2.17. The van der Waals surface area contributed by atoms with Gasteiger partial charge in [-0.05, 0) is 25.7 Å². The average Bonchev–Trinajstić information content (AvgIpc) is 3.20. The van der Waals surface area contributed by atoms with Crippen LogP contribution in [0.2, 0.25) is 0 Å². The van der Waals surface area contributed by atoms with Gasteiger partial charge in [-0.3, -0.25) is 0 Å². The zero-order valence-electron chi connectivity index (χ0n) is 13.9. The molecular weight excluding hydrogens is 360 g/mol. The first-order valence-electron chi connectivity index (χ1n) is 8.17. The second kappa shape index (κ2) is 7.92. The number of urea groups is 1. The molecule has 0 radical (unpaired) electrons. The maximum Gasteiger partial charge on any atom is 0.355 e. The Bertz CT molecular complexity index is 748. The van der Waals surface area contributed by atoms with Gasteiger partial charge < -0.3 is 15.3 Å². The largest absolute Gasteiger partial charge is 0.476 e. The molecule has 0 saturated carbocycles. The topological polar surface area (TPSA) is 95.4 Å². The second-order valence-electron chi connectivity index (χ2n) is 5.95. The van der Waals surface area contributed by atoms with E-state index in [0.29, 0.717) is 24.5 Å². The Labute approximate surface area is 153 Å². The molecule has 3 rings (SSSR count). The molecule has 2 N–H and O–H groups in total. The van der Waals surface area contributed by atoms with Crippen LogP contribution >= 0.6 is 22.7 Å². The van der Waals surface area contributed by atoms with Crippen LogP contribution in [0.3, 0.4) is 0 Å². The standard InChI is InChI=1S/C16H20N4O3S2/c1-20(8-14-18-10-4-2-3-5-12(10)25-14)16(23)17-7-6-13-19-11(9-24-13)15(21)22/h9H,2-8H2,1H3,(H,17,23)(H,21,22). The van der Waals surface area contributed by atoms with Crippen LogP contribution in [-0.4, -0.2) is 45.6 Å². The minimum atomic E-state index is -1.03. The number of aromatic nitrogens is 2. The van der Waals surface area contributed by atoms with Crippen LogP contribution in [0.25, 0.3) is 0 Å². The Balaban J connectivity index is 1.45. The molecule has 0 saturated heterocycles. The Morgan fingerprint density at radius 2 is 2.08 bits per heavy atom. The molecule has 0 bridgehead atoms. The second-order valence-corrected chi connectivity index (χ2v) is 8.07. The number of carboxylic acid groups (broad SMARTS) is 1. The molecule has 9 heteroatoms. The van der Waals surface area contributed by atoms with Gasteiger partial charge in [0.2, 0.25) is 0 Å². The van der Waals surface area contributed by atoms with Crippen molar-refractivity contribution >= 4 is 34.7 Å². The third-order valence-electron chi connectivity index (χ3n) is 4.00. The highest BCUT2D eigenvalue weighted by molar-refractivity contribution is 7.11. The maximum absolute atomic E-state index is 12.2. The Kier molecular flexibility index (Phi) is 5.64. The summed E-state index contributed by atoms with van der Waals surface area (Å²) >= 11 is 3.00. The van der Waals surface area contributed by atoms with Gasteiger partial charge in [-0.15, -0.1) is 22.7 Å². The molecule has 0 aliphatic heterocycles. The third kappa shape index (κ3) is 4.55. The van der Waals surface area contributed by atoms with E-state index in [-0.39, 0.29) is 11.7 Å². The number of thiazole rings is 2. The lowest BCUT2D eigenvalue weighted by Crippen LogP contribution is -2.37. The van der Waals surface area contributed by atoms with E-state index in [0.717, 1.165) is 17.8 Å². The van der Waals surface area contributed by atoms with E-state index < -0.39 is 5.97 Å². The number of carbonyl (C=O) groups is 2. The van der Waals surface area contributed by atoms with E-state index in [1.165, 1.54) is 40.1 Å². The Morgan fingerprint density at radius 1 is 1.28 bits per heavy atom.